The standard InChI is InChI=1S/C26H37N7O3/c1-20(2)18-28-22-4-3-7-27-24(22)31-12-14-33(15-13-31)26(36)23-6-5-21(19-29-23)25(35)32-10-8-30(9-11-32)16-17-34/h3-7,19-20,28,34H,8-18H2,1-2H3. The maximum absolute atomic E-state index is 13.1. The quantitative estimate of drug-likeness (QED) is 0.564. The van der Waals surface area contributed by atoms with Crippen LogP contribution in [0.1, 0.15) is 34.7 Å². The maximum Gasteiger partial charge on any atom is 0.272 e. The number of aliphatic hydroxyl groups excluding tert-OH is 1. The molecule has 4 rings (SSSR count). The smallest absolute Gasteiger partial charge is 0.272 e. The normalized spacial score (nSPS) is 16.9. The van der Waals surface area contributed by atoms with Crippen LogP contribution >= 0.6 is 0 Å². The lowest BCUT2D eigenvalue weighted by atomic mass is 10.2. The molecule has 2 fully saturated rings. The highest BCUT2D eigenvalue weighted by Gasteiger charge is 2.26. The number of anilines is 2. The molecule has 0 atom stereocenters. The molecule has 10 nitrogen and oxygen atoms in total. The molecular formula is C26H37N7O3. The highest BCUT2D eigenvalue weighted by Crippen LogP contribution is 2.24. The summed E-state index contributed by atoms with van der Waals surface area (Å²) in [5.74, 6) is 1.26. The van der Waals surface area contributed by atoms with Crippen molar-refractivity contribution in [3.8, 4) is 0 Å². The first-order valence-corrected chi connectivity index (χ1v) is 12.8. The van der Waals surface area contributed by atoms with Crippen LogP contribution in [0.25, 0.3) is 0 Å². The van der Waals surface area contributed by atoms with Crippen molar-refractivity contribution in [1.29, 1.82) is 0 Å². The van der Waals surface area contributed by atoms with Gasteiger partial charge in [0.1, 0.15) is 5.69 Å². The molecule has 2 aromatic rings. The van der Waals surface area contributed by atoms with Crippen LogP contribution in [0.5, 0.6) is 0 Å². The summed E-state index contributed by atoms with van der Waals surface area (Å²) in [5.41, 5.74) is 1.86. The molecule has 36 heavy (non-hydrogen) atoms. The van der Waals surface area contributed by atoms with Gasteiger partial charge in [0.05, 0.1) is 17.9 Å². The molecule has 0 aromatic carbocycles. The number of carbonyl (C=O) groups excluding carboxylic acids is 2. The number of amides is 2. The van der Waals surface area contributed by atoms with Crippen molar-refractivity contribution < 1.29 is 14.7 Å². The average Bonchev–Trinajstić information content (AvgIpc) is 2.92. The number of rotatable bonds is 8. The van der Waals surface area contributed by atoms with E-state index < -0.39 is 0 Å². The Hall–Kier alpha value is -3.24. The Morgan fingerprint density at radius 1 is 0.944 bits per heavy atom. The Labute approximate surface area is 212 Å². The van der Waals surface area contributed by atoms with E-state index >= 15 is 0 Å². The Morgan fingerprint density at radius 3 is 2.28 bits per heavy atom. The van der Waals surface area contributed by atoms with E-state index in [2.05, 4.69) is 38.9 Å². The van der Waals surface area contributed by atoms with Gasteiger partial charge < -0.3 is 25.1 Å². The van der Waals surface area contributed by atoms with Crippen LogP contribution in [0.3, 0.4) is 0 Å². The number of hydrogen-bond donors (Lipinski definition) is 2. The third kappa shape index (κ3) is 6.30. The lowest BCUT2D eigenvalue weighted by Crippen LogP contribution is -2.49. The van der Waals surface area contributed by atoms with Crippen molar-refractivity contribution in [3.05, 3.63) is 47.9 Å². The lowest BCUT2D eigenvalue weighted by Gasteiger charge is -2.36. The van der Waals surface area contributed by atoms with E-state index in [0.29, 0.717) is 63.0 Å². The summed E-state index contributed by atoms with van der Waals surface area (Å²) in [6.45, 7) is 11.3. The zero-order chi connectivity index (χ0) is 25.5. The van der Waals surface area contributed by atoms with Gasteiger partial charge in [0, 0.05) is 77.8 Å². The molecule has 2 aliphatic heterocycles. The summed E-state index contributed by atoms with van der Waals surface area (Å²) in [4.78, 5) is 42.8. The van der Waals surface area contributed by atoms with Crippen LogP contribution in [0, 0.1) is 5.92 Å². The van der Waals surface area contributed by atoms with Gasteiger partial charge in [0.25, 0.3) is 11.8 Å². The Morgan fingerprint density at radius 2 is 1.64 bits per heavy atom. The summed E-state index contributed by atoms with van der Waals surface area (Å²) in [7, 11) is 0. The number of pyridine rings is 2. The molecule has 2 N–H and O–H groups in total. The van der Waals surface area contributed by atoms with Crippen molar-refractivity contribution in [2.24, 2.45) is 5.92 Å². The zero-order valence-corrected chi connectivity index (χ0v) is 21.3. The number of nitrogens with one attached hydrogen (secondary N) is 1. The van der Waals surface area contributed by atoms with Gasteiger partial charge in [0.2, 0.25) is 0 Å². The summed E-state index contributed by atoms with van der Waals surface area (Å²) in [5, 5.41) is 12.6. The van der Waals surface area contributed by atoms with Crippen molar-refractivity contribution in [2.45, 2.75) is 13.8 Å². The number of nitrogens with zero attached hydrogens (tertiary/aromatic N) is 6. The van der Waals surface area contributed by atoms with Crippen LogP contribution in [-0.2, 0) is 0 Å². The molecule has 194 valence electrons. The van der Waals surface area contributed by atoms with Gasteiger partial charge >= 0.3 is 0 Å². The molecule has 0 aliphatic carbocycles. The molecule has 2 amide bonds. The maximum atomic E-state index is 13.1. The number of β-amino-alcohol motifs (C(OH)–C–C–N with tert-alkyl or cyclic N) is 1. The van der Waals surface area contributed by atoms with E-state index in [-0.39, 0.29) is 18.4 Å². The molecule has 2 aromatic heterocycles. The molecule has 4 heterocycles. The summed E-state index contributed by atoms with van der Waals surface area (Å²) in [6, 6.07) is 7.32. The molecule has 0 radical (unpaired) electrons. The van der Waals surface area contributed by atoms with Crippen LogP contribution in [0.15, 0.2) is 36.7 Å². The highest BCUT2D eigenvalue weighted by atomic mass is 16.3. The average molecular weight is 496 g/mol. The third-order valence-electron chi connectivity index (χ3n) is 6.66. The van der Waals surface area contributed by atoms with E-state index in [1.165, 1.54) is 6.20 Å². The molecule has 0 unspecified atom stereocenters. The van der Waals surface area contributed by atoms with E-state index in [1.54, 1.807) is 23.2 Å². The third-order valence-corrected chi connectivity index (χ3v) is 6.66. The van der Waals surface area contributed by atoms with Gasteiger partial charge in [-0.3, -0.25) is 19.5 Å². The first kappa shape index (κ1) is 25.8. The first-order chi connectivity index (χ1) is 17.5. The number of aromatic nitrogens is 2. The number of piperazine rings is 2. The van der Waals surface area contributed by atoms with Gasteiger partial charge in [-0.2, -0.15) is 0 Å². The second kappa shape index (κ2) is 12.1. The monoisotopic (exact) mass is 495 g/mol. The SMILES string of the molecule is CC(C)CNc1cccnc1N1CCN(C(=O)c2ccc(C(=O)N3CCN(CCO)CC3)cn2)CC1. The molecule has 2 saturated heterocycles. The molecule has 0 bridgehead atoms. The van der Waals surface area contributed by atoms with Crippen LogP contribution in [0.4, 0.5) is 11.5 Å². The summed E-state index contributed by atoms with van der Waals surface area (Å²) in [6.07, 6.45) is 3.31. The van der Waals surface area contributed by atoms with Crippen molar-refractivity contribution >= 4 is 23.3 Å². The Bertz CT molecular complexity index is 1010. The van der Waals surface area contributed by atoms with E-state index in [1.807, 2.05) is 17.0 Å². The fourth-order valence-corrected chi connectivity index (χ4v) is 4.53. The van der Waals surface area contributed by atoms with Crippen molar-refractivity contribution in [2.75, 3.05) is 82.3 Å². The van der Waals surface area contributed by atoms with Crippen LogP contribution in [-0.4, -0.2) is 114 Å². The fourth-order valence-electron chi connectivity index (χ4n) is 4.53. The molecule has 10 heteroatoms. The predicted molar refractivity (Wildman–Crippen MR) is 139 cm³/mol. The minimum atomic E-state index is -0.120. The van der Waals surface area contributed by atoms with Gasteiger partial charge in [-0.25, -0.2) is 4.98 Å². The van der Waals surface area contributed by atoms with Gasteiger partial charge in [-0.15, -0.1) is 0 Å². The van der Waals surface area contributed by atoms with Crippen LogP contribution < -0.4 is 10.2 Å². The van der Waals surface area contributed by atoms with E-state index in [9.17, 15) is 9.59 Å². The molecule has 2 aliphatic rings. The van der Waals surface area contributed by atoms with Gasteiger partial charge in [-0.05, 0) is 30.2 Å². The van der Waals surface area contributed by atoms with Gasteiger partial charge in [-0.1, -0.05) is 13.8 Å². The highest BCUT2D eigenvalue weighted by molar-refractivity contribution is 5.96. The van der Waals surface area contributed by atoms with E-state index in [4.69, 9.17) is 5.11 Å². The lowest BCUT2D eigenvalue weighted by molar-refractivity contribution is 0.0613. The second-order valence-electron chi connectivity index (χ2n) is 9.72. The topological polar surface area (TPSA) is 105 Å². The Balaban J connectivity index is 1.31. The second-order valence-corrected chi connectivity index (χ2v) is 9.72. The fraction of sp³-hybridized carbons (Fsp3) is 0.538. The Kier molecular flexibility index (Phi) is 8.71. The first-order valence-electron chi connectivity index (χ1n) is 12.8. The summed E-state index contributed by atoms with van der Waals surface area (Å²) < 4.78 is 0. The van der Waals surface area contributed by atoms with Crippen molar-refractivity contribution in [1.82, 2.24) is 24.7 Å². The number of aliphatic hydroxyl groups is 1. The minimum Gasteiger partial charge on any atom is -0.395 e. The number of hydrogen-bond acceptors (Lipinski definition) is 8. The molecule has 0 saturated carbocycles. The van der Waals surface area contributed by atoms with Gasteiger partial charge in [0.15, 0.2) is 5.82 Å². The zero-order valence-electron chi connectivity index (χ0n) is 21.3. The minimum absolute atomic E-state index is 0.0731. The molecule has 0 spiro atoms. The predicted octanol–water partition coefficient (Wildman–Crippen LogP) is 1.26. The van der Waals surface area contributed by atoms with Crippen molar-refractivity contribution in [3.63, 3.8) is 0 Å². The van der Waals surface area contributed by atoms with Crippen LogP contribution in [0.2, 0.25) is 0 Å². The summed E-state index contributed by atoms with van der Waals surface area (Å²) >= 11 is 0. The largest absolute Gasteiger partial charge is 0.395 e. The molecular weight excluding hydrogens is 458 g/mol. The number of carbonyl (C=O) groups is 2. The van der Waals surface area contributed by atoms with E-state index in [0.717, 1.165) is 31.1 Å².